The van der Waals surface area contributed by atoms with Crippen LogP contribution in [0.5, 0.6) is 11.5 Å². The van der Waals surface area contributed by atoms with E-state index in [1.165, 1.54) is 91.0 Å². The van der Waals surface area contributed by atoms with Gasteiger partial charge in [0, 0.05) is 44.3 Å². The first-order valence-electron chi connectivity index (χ1n) is 23.4. The summed E-state index contributed by atoms with van der Waals surface area (Å²) >= 11 is 1.77. The van der Waals surface area contributed by atoms with Crippen LogP contribution in [0.2, 0.25) is 0 Å². The highest BCUT2D eigenvalue weighted by molar-refractivity contribution is 7.95. The zero-order chi connectivity index (χ0) is 63.7. The number of nitrogens with zero attached hydrogens (tertiary/aromatic N) is 6. The lowest BCUT2D eigenvalue weighted by Crippen LogP contribution is -2.01. The van der Waals surface area contributed by atoms with Gasteiger partial charge in [0.15, 0.2) is 11.5 Å². The summed E-state index contributed by atoms with van der Waals surface area (Å²) in [7, 11) is -15.3. The monoisotopic (exact) mass is 1350 g/mol. The minimum Gasteiger partial charge on any atom is -0.594 e. The molecule has 0 heterocycles. The van der Waals surface area contributed by atoms with Crippen LogP contribution in [-0.2, 0) is 67.8 Å². The zero-order valence-electron chi connectivity index (χ0n) is 43.5. The number of fused-ring (bicyclic) bond motifs is 2. The average Bonchev–Trinajstić information content (AvgIpc) is 1.10. The van der Waals surface area contributed by atoms with E-state index in [0.717, 1.165) is 30.3 Å². The summed E-state index contributed by atoms with van der Waals surface area (Å²) in [5.74, 6) is -1.18. The fraction of sp³-hybridized carbons (Fsp3) is 0.0204. The van der Waals surface area contributed by atoms with Crippen molar-refractivity contribution in [2.24, 2.45) is 25.6 Å². The van der Waals surface area contributed by atoms with Crippen LogP contribution in [-0.4, -0.2) is 75.0 Å². The molecule has 0 spiro atoms. The molecule has 0 bridgehead atoms. The van der Waals surface area contributed by atoms with E-state index in [1.807, 2.05) is 0 Å². The van der Waals surface area contributed by atoms with Crippen molar-refractivity contribution >= 4 is 170 Å². The second-order valence-electron chi connectivity index (χ2n) is 17.3. The van der Waals surface area contributed by atoms with Crippen LogP contribution in [0, 0.1) is 12.1 Å². The van der Waals surface area contributed by atoms with Crippen molar-refractivity contribution in [1.82, 2.24) is 0 Å². The molecule has 8 aromatic rings. The number of hydrogen-bond acceptors (Lipinski definition) is 32. The smallest absolute Gasteiger partial charge is 0.296 e. The molecule has 0 atom stereocenters. The van der Waals surface area contributed by atoms with Crippen molar-refractivity contribution in [1.29, 1.82) is 0 Å². The van der Waals surface area contributed by atoms with E-state index < -0.39 is 56.5 Å². The maximum atomic E-state index is 13.5. The third kappa shape index (κ3) is 16.1. The Hall–Kier alpha value is -7.79. The van der Waals surface area contributed by atoms with Crippen LogP contribution >= 0.6 is 48.2 Å². The molecule has 39 heteroatoms. The first-order valence-corrected chi connectivity index (χ1v) is 30.7. The third-order valence-electron chi connectivity index (χ3n) is 11.9. The number of rotatable bonds is 25. The molecule has 0 aliphatic carbocycles. The Morgan fingerprint density at radius 1 is 0.466 bits per heavy atom. The topological polar surface area (TPSA) is 498 Å². The highest BCUT2D eigenvalue weighted by Crippen LogP contribution is 2.47. The van der Waals surface area contributed by atoms with Crippen molar-refractivity contribution in [2.45, 2.75) is 41.2 Å². The molecule has 0 saturated heterocycles. The predicted molar refractivity (Wildman–Crippen MR) is 314 cm³/mol. The van der Waals surface area contributed by atoms with Gasteiger partial charge >= 0.3 is 0 Å². The van der Waals surface area contributed by atoms with Crippen LogP contribution in [0.1, 0.15) is 27.8 Å². The number of benzene rings is 8. The van der Waals surface area contributed by atoms with Crippen molar-refractivity contribution in [3.63, 3.8) is 0 Å². The molecule has 0 fully saturated rings. The molecule has 0 unspecified atom stereocenters. The predicted octanol–water partition coefficient (Wildman–Crippen LogP) is 13.4. The molecular formula is C49H38N8O24S7. The van der Waals surface area contributed by atoms with E-state index in [1.54, 1.807) is 19.1 Å². The number of aryl methyl sites for hydroxylation is 1. The molecule has 0 amide bonds. The summed E-state index contributed by atoms with van der Waals surface area (Å²) in [5.41, 5.74) is 11.6. The Balaban J connectivity index is 1.05. The SMILES string of the molecule is Cc1cc2cc(SOOO)c(N=Nc3ccc(/C=C/c4ccc(N=[N+]([O-])c5ccc(/C=C/c6ccc(N=Nc7c(S(=O)(=O)O)cc8cc(SOOO)c(N)cc8c7O)cc6S(=O)(=O)O)c(SOOO)c5)cc4S(=O)(=O)O)c(SOOO)c3)c(O)c2cc1N. The number of aromatic hydroxyl groups is 2. The Morgan fingerprint density at radius 3 is 1.44 bits per heavy atom. The van der Waals surface area contributed by atoms with Gasteiger partial charge in [-0.05, 0) is 124 Å². The van der Waals surface area contributed by atoms with Crippen molar-refractivity contribution in [3.05, 3.63) is 142 Å². The molecule has 0 aliphatic heterocycles. The molecule has 0 aliphatic rings. The van der Waals surface area contributed by atoms with Crippen LogP contribution in [0.4, 0.5) is 45.5 Å². The number of phenolic OH excluding ortho intramolecular Hbond substituents is 2. The maximum absolute atomic E-state index is 13.5. The normalized spacial score (nSPS) is 12.8. The summed E-state index contributed by atoms with van der Waals surface area (Å²) in [6.45, 7) is 1.76. The molecule has 8 aromatic carbocycles. The van der Waals surface area contributed by atoms with Crippen LogP contribution in [0.25, 0.3) is 45.8 Å². The maximum Gasteiger partial charge on any atom is 0.296 e. The van der Waals surface area contributed by atoms with Gasteiger partial charge in [-0.2, -0.15) is 35.5 Å². The minimum absolute atomic E-state index is 0.00572. The quantitative estimate of drug-likeness (QED) is 0.00370. The van der Waals surface area contributed by atoms with E-state index in [0.29, 0.717) is 70.2 Å². The number of azo groups is 3. The van der Waals surface area contributed by atoms with Crippen LogP contribution in [0.15, 0.2) is 169 Å². The van der Waals surface area contributed by atoms with Gasteiger partial charge in [0.2, 0.25) is 5.69 Å². The van der Waals surface area contributed by atoms with Gasteiger partial charge in [0.25, 0.3) is 30.4 Å². The van der Waals surface area contributed by atoms with E-state index >= 15 is 0 Å². The van der Waals surface area contributed by atoms with Gasteiger partial charge in [-0.15, -0.1) is 27.6 Å². The Kier molecular flexibility index (Phi) is 21.5. The second-order valence-corrected chi connectivity index (χ2v) is 24.5. The van der Waals surface area contributed by atoms with Gasteiger partial charge in [0.1, 0.15) is 31.7 Å². The fourth-order valence-electron chi connectivity index (χ4n) is 7.93. The first-order chi connectivity index (χ1) is 41.8. The molecule has 0 saturated carbocycles. The Morgan fingerprint density at radius 2 is 0.886 bits per heavy atom. The van der Waals surface area contributed by atoms with Gasteiger partial charge in [-0.3, -0.25) is 13.7 Å². The van der Waals surface area contributed by atoms with Crippen molar-refractivity contribution in [2.75, 3.05) is 11.5 Å². The second kappa shape index (κ2) is 28.6. The van der Waals surface area contributed by atoms with Crippen LogP contribution in [0.3, 0.4) is 0 Å². The molecule has 460 valence electrons. The molecule has 8 rings (SSSR count). The van der Waals surface area contributed by atoms with E-state index in [2.05, 4.69) is 63.1 Å². The van der Waals surface area contributed by atoms with Crippen LogP contribution < -0.4 is 11.5 Å². The van der Waals surface area contributed by atoms with Gasteiger partial charge in [-0.1, -0.05) is 67.5 Å². The Bertz CT molecular complexity index is 4540. The molecule has 0 aromatic heterocycles. The number of hydrogen-bond donors (Lipinski definition) is 11. The fourth-order valence-corrected chi connectivity index (χ4v) is 11.9. The van der Waals surface area contributed by atoms with Crippen molar-refractivity contribution < 1.29 is 113 Å². The lowest BCUT2D eigenvalue weighted by molar-refractivity contribution is -0.435. The molecule has 32 nitrogen and oxygen atoms in total. The Labute approximate surface area is 511 Å². The zero-order valence-corrected chi connectivity index (χ0v) is 49.3. The third-order valence-corrected chi connectivity index (χ3v) is 17.2. The van der Waals surface area contributed by atoms with Gasteiger partial charge in [0.05, 0.1) is 74.2 Å². The summed E-state index contributed by atoms with van der Waals surface area (Å²) in [5, 5.41) is 106. The van der Waals surface area contributed by atoms with E-state index in [9.17, 15) is 54.3 Å². The number of phenols is 2. The molecule has 0 radical (unpaired) electrons. The summed E-state index contributed by atoms with van der Waals surface area (Å²) in [6.07, 6.45) is 5.09. The highest BCUT2D eigenvalue weighted by Gasteiger charge is 2.25. The lowest BCUT2D eigenvalue weighted by atomic mass is 10.0. The number of anilines is 2. The van der Waals surface area contributed by atoms with Gasteiger partial charge in [-0.25, -0.2) is 21.0 Å². The van der Waals surface area contributed by atoms with Crippen molar-refractivity contribution in [3.8, 4) is 11.5 Å². The molecule has 88 heavy (non-hydrogen) atoms. The summed E-state index contributed by atoms with van der Waals surface area (Å²) in [6, 6.07) is 22.6. The molecular weight excluding hydrogens is 1310 g/mol. The molecule has 13 N–H and O–H groups in total. The highest BCUT2D eigenvalue weighted by atomic mass is 32.2. The van der Waals surface area contributed by atoms with E-state index in [-0.39, 0.29) is 97.3 Å². The standard InChI is InChI=1S/C49H38N8O24S7/c1-24-14-29-16-42(85-81-77-64)46(48(58)35(29)22-37(24)50)54-52-31-10-6-25(39(18-31)82-78-74-61)2-4-28-8-12-33(20-44(28)87(68,69)70)56-57(60)34-13-9-26(40(21-34)83-79-75-62)3-5-27-7-11-32(19-43(27)86(65,66)67)53-55-47-45(88(71,72)73)17-30-15-41(84-80-76-63)38(51)23-36(30)49(47)59/h2-23,58-59,61-64H,50-51H2,1H3,(H,65,66,67)(H,68,69,70)(H,71,72,73)/b4-2+,5-3+,54-52?,55-53?,57-56?. The largest absolute Gasteiger partial charge is 0.594 e. The first kappa shape index (κ1) is 66.2. The summed E-state index contributed by atoms with van der Waals surface area (Å²) < 4.78 is 125. The number of nitrogen functional groups attached to an aromatic ring is 2. The lowest BCUT2D eigenvalue weighted by Gasteiger charge is -2.11. The summed E-state index contributed by atoms with van der Waals surface area (Å²) in [4.78, 5) is -1.95. The van der Waals surface area contributed by atoms with Gasteiger partial charge < -0.3 is 26.9 Å². The number of nitrogens with two attached hydrogens (primary N) is 2. The minimum atomic E-state index is -5.14. The van der Waals surface area contributed by atoms with E-state index in [4.69, 9.17) is 32.5 Å². The average molecular weight is 1350 g/mol.